The minimum Gasteiger partial charge on any atom is -0.346 e. The lowest BCUT2D eigenvalue weighted by Gasteiger charge is -2.35. The maximum atomic E-state index is 12.7. The van der Waals surface area contributed by atoms with Gasteiger partial charge in [0.15, 0.2) is 0 Å². The highest BCUT2D eigenvalue weighted by molar-refractivity contribution is 5.82. The molecule has 1 atom stereocenters. The van der Waals surface area contributed by atoms with Crippen LogP contribution in [-0.2, 0) is 4.79 Å². The summed E-state index contributed by atoms with van der Waals surface area (Å²) in [6.45, 7) is 9.53. The van der Waals surface area contributed by atoms with Crippen LogP contribution in [-0.4, -0.2) is 24.4 Å². The Labute approximate surface area is 120 Å². The fourth-order valence-corrected chi connectivity index (χ4v) is 2.80. The monoisotopic (exact) mass is 269 g/mol. The van der Waals surface area contributed by atoms with Crippen LogP contribution in [0, 0.1) is 5.41 Å². The number of unbranched alkanes of at least 4 members (excludes halogenated alkanes) is 4. The third-order valence-corrected chi connectivity index (χ3v) is 4.47. The average Bonchev–Trinajstić information content (AvgIpc) is 2.45. The number of amides is 1. The number of nitrogens with zero attached hydrogens (tertiary/aromatic N) is 1. The smallest absolute Gasteiger partial charge is 0.228 e. The predicted molar refractivity (Wildman–Crippen MR) is 84.3 cm³/mol. The first-order chi connectivity index (χ1) is 9.07. The van der Waals surface area contributed by atoms with Crippen LogP contribution in [0.1, 0.15) is 85.5 Å². The highest BCUT2D eigenvalue weighted by Gasteiger charge is 2.36. The Balaban J connectivity index is 4.71. The first-order valence-electron chi connectivity index (χ1n) is 8.33. The van der Waals surface area contributed by atoms with Gasteiger partial charge in [-0.3, -0.25) is 4.79 Å². The van der Waals surface area contributed by atoms with Crippen LogP contribution >= 0.6 is 0 Å². The molecule has 0 aliphatic rings. The standard InChI is InChI=1S/C17H35NO/c1-6-10-12-13-15-17(8-3,14-11-7-2)16(19)18(5)9-4/h6-15H2,1-5H3. The second-order valence-electron chi connectivity index (χ2n) is 5.87. The maximum Gasteiger partial charge on any atom is 0.228 e. The number of carbonyl (C=O) groups is 1. The first kappa shape index (κ1) is 18.5. The van der Waals surface area contributed by atoms with E-state index in [0.29, 0.717) is 5.91 Å². The predicted octanol–water partition coefficient (Wildman–Crippen LogP) is 5.02. The van der Waals surface area contributed by atoms with Crippen molar-refractivity contribution in [3.05, 3.63) is 0 Å². The molecule has 0 aromatic heterocycles. The van der Waals surface area contributed by atoms with Crippen molar-refractivity contribution in [1.29, 1.82) is 0 Å². The summed E-state index contributed by atoms with van der Waals surface area (Å²) >= 11 is 0. The van der Waals surface area contributed by atoms with E-state index in [9.17, 15) is 4.79 Å². The molecule has 0 spiro atoms. The van der Waals surface area contributed by atoms with Gasteiger partial charge in [0.1, 0.15) is 0 Å². The lowest BCUT2D eigenvalue weighted by molar-refractivity contribution is -0.142. The van der Waals surface area contributed by atoms with Crippen molar-refractivity contribution >= 4 is 5.91 Å². The summed E-state index contributed by atoms with van der Waals surface area (Å²) in [7, 11) is 1.95. The van der Waals surface area contributed by atoms with Gasteiger partial charge in [-0.15, -0.1) is 0 Å². The summed E-state index contributed by atoms with van der Waals surface area (Å²) in [5, 5.41) is 0. The van der Waals surface area contributed by atoms with Crippen molar-refractivity contribution in [2.75, 3.05) is 13.6 Å². The molecule has 0 fully saturated rings. The Morgan fingerprint density at radius 2 is 1.47 bits per heavy atom. The molecule has 0 rings (SSSR count). The molecule has 0 aromatic carbocycles. The van der Waals surface area contributed by atoms with E-state index in [1.165, 1.54) is 38.5 Å². The van der Waals surface area contributed by atoms with Crippen molar-refractivity contribution in [2.24, 2.45) is 5.41 Å². The molecule has 1 amide bonds. The van der Waals surface area contributed by atoms with E-state index >= 15 is 0 Å². The van der Waals surface area contributed by atoms with Crippen LogP contribution in [0.15, 0.2) is 0 Å². The van der Waals surface area contributed by atoms with Crippen LogP contribution in [0.5, 0.6) is 0 Å². The zero-order chi connectivity index (χ0) is 14.7. The molecule has 0 heterocycles. The second kappa shape index (κ2) is 10.3. The van der Waals surface area contributed by atoms with Crippen LogP contribution in [0.2, 0.25) is 0 Å². The van der Waals surface area contributed by atoms with E-state index in [-0.39, 0.29) is 5.41 Å². The Morgan fingerprint density at radius 1 is 0.895 bits per heavy atom. The normalized spacial score (nSPS) is 14.2. The van der Waals surface area contributed by atoms with E-state index in [1.807, 2.05) is 11.9 Å². The molecule has 19 heavy (non-hydrogen) atoms. The van der Waals surface area contributed by atoms with Crippen LogP contribution in [0.25, 0.3) is 0 Å². The van der Waals surface area contributed by atoms with Gasteiger partial charge in [0.2, 0.25) is 5.91 Å². The lowest BCUT2D eigenvalue weighted by Crippen LogP contribution is -2.41. The minimum absolute atomic E-state index is 0.0888. The molecule has 0 radical (unpaired) electrons. The van der Waals surface area contributed by atoms with Crippen LogP contribution < -0.4 is 0 Å². The van der Waals surface area contributed by atoms with E-state index < -0.39 is 0 Å². The van der Waals surface area contributed by atoms with Gasteiger partial charge in [0.05, 0.1) is 0 Å². The molecule has 0 N–H and O–H groups in total. The second-order valence-corrected chi connectivity index (χ2v) is 5.87. The molecule has 2 nitrogen and oxygen atoms in total. The largest absolute Gasteiger partial charge is 0.346 e. The van der Waals surface area contributed by atoms with Gasteiger partial charge >= 0.3 is 0 Å². The molecule has 0 aromatic rings. The Kier molecular flexibility index (Phi) is 9.99. The van der Waals surface area contributed by atoms with Crippen LogP contribution in [0.3, 0.4) is 0 Å². The molecule has 0 saturated heterocycles. The van der Waals surface area contributed by atoms with Gasteiger partial charge in [-0.05, 0) is 26.2 Å². The lowest BCUT2D eigenvalue weighted by atomic mass is 9.74. The highest BCUT2D eigenvalue weighted by Crippen LogP contribution is 2.36. The zero-order valence-electron chi connectivity index (χ0n) is 13.9. The third kappa shape index (κ3) is 5.97. The van der Waals surface area contributed by atoms with Gasteiger partial charge in [-0.25, -0.2) is 0 Å². The fourth-order valence-electron chi connectivity index (χ4n) is 2.80. The molecular formula is C17H35NO. The SMILES string of the molecule is CCCCCCC(CC)(CCCC)C(=O)N(C)CC. The highest BCUT2D eigenvalue weighted by atomic mass is 16.2. The topological polar surface area (TPSA) is 20.3 Å². The molecule has 2 heteroatoms. The van der Waals surface area contributed by atoms with E-state index in [1.54, 1.807) is 0 Å². The summed E-state index contributed by atoms with van der Waals surface area (Å²) in [4.78, 5) is 14.6. The van der Waals surface area contributed by atoms with Crippen molar-refractivity contribution in [3.8, 4) is 0 Å². The van der Waals surface area contributed by atoms with Crippen LogP contribution in [0.4, 0.5) is 0 Å². The fraction of sp³-hybridized carbons (Fsp3) is 0.941. The van der Waals surface area contributed by atoms with Crippen molar-refractivity contribution in [2.45, 2.75) is 85.5 Å². The number of hydrogen-bond acceptors (Lipinski definition) is 1. The number of hydrogen-bond donors (Lipinski definition) is 0. The maximum absolute atomic E-state index is 12.7. The van der Waals surface area contributed by atoms with Crippen molar-refractivity contribution < 1.29 is 4.79 Å². The van der Waals surface area contributed by atoms with E-state index in [4.69, 9.17) is 0 Å². The van der Waals surface area contributed by atoms with Gasteiger partial charge < -0.3 is 4.90 Å². The molecule has 0 aliphatic carbocycles. The number of carbonyl (C=O) groups excluding carboxylic acids is 1. The van der Waals surface area contributed by atoms with E-state index in [0.717, 1.165) is 25.8 Å². The summed E-state index contributed by atoms with van der Waals surface area (Å²) in [5.41, 5.74) is -0.0888. The minimum atomic E-state index is -0.0888. The molecule has 0 aliphatic heterocycles. The van der Waals surface area contributed by atoms with Gasteiger partial charge in [-0.1, -0.05) is 59.3 Å². The summed E-state index contributed by atoms with van der Waals surface area (Å²) in [6.07, 6.45) is 10.5. The Hall–Kier alpha value is -0.530. The first-order valence-corrected chi connectivity index (χ1v) is 8.33. The van der Waals surface area contributed by atoms with Gasteiger partial charge in [0, 0.05) is 19.0 Å². The van der Waals surface area contributed by atoms with Gasteiger partial charge in [0.25, 0.3) is 0 Å². The summed E-state index contributed by atoms with van der Waals surface area (Å²) < 4.78 is 0. The number of rotatable bonds is 11. The molecule has 0 bridgehead atoms. The van der Waals surface area contributed by atoms with Crippen molar-refractivity contribution in [3.63, 3.8) is 0 Å². The summed E-state index contributed by atoms with van der Waals surface area (Å²) in [6, 6.07) is 0. The van der Waals surface area contributed by atoms with Crippen molar-refractivity contribution in [1.82, 2.24) is 4.90 Å². The van der Waals surface area contributed by atoms with E-state index in [2.05, 4.69) is 27.7 Å². The third-order valence-electron chi connectivity index (χ3n) is 4.47. The summed E-state index contributed by atoms with van der Waals surface area (Å²) in [5.74, 6) is 0.377. The zero-order valence-corrected chi connectivity index (χ0v) is 13.9. The average molecular weight is 269 g/mol. The molecule has 1 unspecified atom stereocenters. The Morgan fingerprint density at radius 3 is 1.95 bits per heavy atom. The Bertz CT molecular complexity index is 239. The molecular weight excluding hydrogens is 234 g/mol. The van der Waals surface area contributed by atoms with Gasteiger partial charge in [-0.2, -0.15) is 0 Å². The molecule has 114 valence electrons. The quantitative estimate of drug-likeness (QED) is 0.482. The molecule has 0 saturated carbocycles.